The lowest BCUT2D eigenvalue weighted by molar-refractivity contribution is -0.311. The van der Waals surface area contributed by atoms with Crippen molar-refractivity contribution in [3.8, 4) is 0 Å². The van der Waals surface area contributed by atoms with E-state index in [1.807, 2.05) is 6.92 Å². The van der Waals surface area contributed by atoms with E-state index in [1.54, 1.807) is 14.0 Å². The summed E-state index contributed by atoms with van der Waals surface area (Å²) in [4.78, 5) is 0. The zero-order valence-corrected chi connectivity index (χ0v) is 19.0. The van der Waals surface area contributed by atoms with Crippen molar-refractivity contribution in [2.24, 2.45) is 17.4 Å². The zero-order chi connectivity index (χ0) is 22.9. The predicted octanol–water partition coefficient (Wildman–Crippen LogP) is -1.22. The zero-order valence-electron chi connectivity index (χ0n) is 19.0. The molecule has 2 saturated heterocycles. The molecule has 182 valence electrons. The van der Waals surface area contributed by atoms with Crippen LogP contribution < -0.4 is 16.8 Å². The van der Waals surface area contributed by atoms with E-state index in [2.05, 4.69) is 12.2 Å². The van der Waals surface area contributed by atoms with Gasteiger partial charge >= 0.3 is 0 Å². The molecule has 12 atom stereocenters. The molecule has 10 nitrogen and oxygen atoms in total. The number of hydrogen-bond acceptors (Lipinski definition) is 10. The van der Waals surface area contributed by atoms with Gasteiger partial charge in [-0.2, -0.15) is 0 Å². The molecule has 1 saturated carbocycles. The van der Waals surface area contributed by atoms with Crippen LogP contribution >= 0.6 is 0 Å². The number of ether oxygens (including phenoxy) is 4. The highest BCUT2D eigenvalue weighted by Crippen LogP contribution is 2.34. The summed E-state index contributed by atoms with van der Waals surface area (Å²) in [5.74, 6) is -0.0968. The first-order valence-electron chi connectivity index (χ1n) is 11.4. The molecule has 8 N–H and O–H groups in total. The Morgan fingerprint density at radius 3 is 2.39 bits per heavy atom. The summed E-state index contributed by atoms with van der Waals surface area (Å²) in [5, 5.41) is 35.2. The van der Waals surface area contributed by atoms with Crippen molar-refractivity contribution in [2.75, 3.05) is 13.7 Å². The largest absolute Gasteiger partial charge is 0.388 e. The summed E-state index contributed by atoms with van der Waals surface area (Å²) in [6, 6.07) is -1.34. The fraction of sp³-hybridized carbons (Fsp3) is 1.00. The van der Waals surface area contributed by atoms with E-state index in [9.17, 15) is 15.3 Å². The highest BCUT2D eigenvalue weighted by atomic mass is 16.7. The maximum absolute atomic E-state index is 11.1. The Morgan fingerprint density at radius 1 is 1.06 bits per heavy atom. The second kappa shape index (κ2) is 10.3. The number of aliphatic hydroxyl groups excluding tert-OH is 2. The third-order valence-electron chi connectivity index (χ3n) is 6.98. The van der Waals surface area contributed by atoms with Crippen molar-refractivity contribution in [2.45, 2.75) is 113 Å². The maximum atomic E-state index is 11.1. The second-order valence-electron chi connectivity index (χ2n) is 9.64. The minimum atomic E-state index is -1.25. The minimum absolute atomic E-state index is 0.0138. The van der Waals surface area contributed by atoms with Gasteiger partial charge in [-0.15, -0.1) is 0 Å². The van der Waals surface area contributed by atoms with Gasteiger partial charge in [0.05, 0.1) is 30.9 Å². The lowest BCUT2D eigenvalue weighted by Gasteiger charge is -2.48. The van der Waals surface area contributed by atoms with E-state index in [1.165, 1.54) is 0 Å². The van der Waals surface area contributed by atoms with E-state index < -0.39 is 54.7 Å². The molecule has 0 aromatic carbocycles. The van der Waals surface area contributed by atoms with Crippen molar-refractivity contribution >= 4 is 0 Å². The lowest BCUT2D eigenvalue weighted by Crippen LogP contribution is -2.67. The van der Waals surface area contributed by atoms with Gasteiger partial charge in [-0.1, -0.05) is 13.8 Å². The first-order valence-corrected chi connectivity index (χ1v) is 11.4. The van der Waals surface area contributed by atoms with Crippen molar-refractivity contribution in [3.63, 3.8) is 0 Å². The lowest BCUT2D eigenvalue weighted by atomic mass is 9.80. The highest BCUT2D eigenvalue weighted by molar-refractivity contribution is 5.00. The molecule has 3 fully saturated rings. The number of rotatable bonds is 6. The first kappa shape index (κ1) is 25.2. The van der Waals surface area contributed by atoms with Crippen LogP contribution in [0.15, 0.2) is 0 Å². The van der Waals surface area contributed by atoms with Crippen molar-refractivity contribution in [1.29, 1.82) is 0 Å². The van der Waals surface area contributed by atoms with E-state index in [4.69, 9.17) is 30.4 Å². The molecule has 1 aliphatic carbocycles. The molecular formula is C21H41N3O7. The van der Waals surface area contributed by atoms with E-state index in [0.29, 0.717) is 6.42 Å². The van der Waals surface area contributed by atoms with Crippen LogP contribution in [0.25, 0.3) is 0 Å². The van der Waals surface area contributed by atoms with Crippen LogP contribution in [0.3, 0.4) is 0 Å². The fourth-order valence-corrected chi connectivity index (χ4v) is 5.05. The SMILES string of the molecule is CC[C@@H]1CC[C@@H](N)[C@@H](O[C@H]2[C@H](O)[C@@H](O[C@H]3OC[C@](C)(O)[C@H](NC)[C@H]3O)[C@H](C)C[C@@H]2N)O1. The molecule has 2 heterocycles. The molecule has 0 radical (unpaired) electrons. The normalized spacial score (nSPS) is 51.6. The van der Waals surface area contributed by atoms with Gasteiger partial charge in [0.2, 0.25) is 0 Å². The number of aliphatic hydroxyl groups is 3. The van der Waals surface area contributed by atoms with E-state index >= 15 is 0 Å². The van der Waals surface area contributed by atoms with Gasteiger partial charge in [0.15, 0.2) is 12.6 Å². The van der Waals surface area contributed by atoms with E-state index in [0.717, 1.165) is 19.3 Å². The van der Waals surface area contributed by atoms with Crippen LogP contribution in [0.1, 0.15) is 46.5 Å². The number of likely N-dealkylation sites (N-methyl/N-ethyl adjacent to an activating group) is 1. The molecule has 2 aliphatic heterocycles. The van der Waals surface area contributed by atoms with Crippen molar-refractivity contribution in [1.82, 2.24) is 5.32 Å². The van der Waals surface area contributed by atoms with Gasteiger partial charge in [-0.05, 0) is 45.6 Å². The third kappa shape index (κ3) is 5.40. The Kier molecular flexibility index (Phi) is 8.34. The molecule has 3 aliphatic rings. The van der Waals surface area contributed by atoms with Gasteiger partial charge in [0, 0.05) is 6.04 Å². The van der Waals surface area contributed by atoms with E-state index in [-0.39, 0.29) is 24.7 Å². The fourth-order valence-electron chi connectivity index (χ4n) is 5.05. The number of hydrogen-bond donors (Lipinski definition) is 6. The summed E-state index contributed by atoms with van der Waals surface area (Å²) in [6.07, 6.45) is -2.06. The van der Waals surface area contributed by atoms with Crippen LogP contribution in [-0.4, -0.2) is 95.8 Å². The number of nitrogens with one attached hydrogen (secondary N) is 1. The molecule has 3 rings (SSSR count). The van der Waals surface area contributed by atoms with Gasteiger partial charge < -0.3 is 51.1 Å². The van der Waals surface area contributed by atoms with Crippen molar-refractivity contribution in [3.05, 3.63) is 0 Å². The number of nitrogens with two attached hydrogens (primary N) is 2. The summed E-state index contributed by atoms with van der Waals surface area (Å²) >= 11 is 0. The van der Waals surface area contributed by atoms with Crippen LogP contribution in [0.5, 0.6) is 0 Å². The molecule has 0 bridgehead atoms. The molecule has 0 aromatic rings. The average Bonchev–Trinajstić information content (AvgIpc) is 2.71. The van der Waals surface area contributed by atoms with Gasteiger partial charge in [0.1, 0.15) is 23.9 Å². The Labute approximate surface area is 184 Å². The molecule has 0 amide bonds. The summed E-state index contributed by atoms with van der Waals surface area (Å²) in [5.41, 5.74) is 11.3. The summed E-state index contributed by atoms with van der Waals surface area (Å²) in [7, 11) is 1.66. The quantitative estimate of drug-likeness (QED) is 0.291. The Hall–Kier alpha value is -0.400. The standard InChI is InChI=1S/C21H41N3O7/c1-5-11-6-7-12(22)19(29-11)31-17-13(23)8-10(2)16(14(17)25)30-20-15(26)18(24-4)21(3,27)9-28-20/h10-20,24-27H,5-9,22-23H2,1-4H3/t10-,11-,12-,13+,14-,15-,16+,17-,18-,19-,20-,21+/m1/s1. The molecular weight excluding hydrogens is 406 g/mol. The third-order valence-corrected chi connectivity index (χ3v) is 6.98. The van der Waals surface area contributed by atoms with Gasteiger partial charge in [-0.3, -0.25) is 0 Å². The molecule has 0 aromatic heterocycles. The van der Waals surface area contributed by atoms with Crippen LogP contribution in [0.2, 0.25) is 0 Å². The summed E-state index contributed by atoms with van der Waals surface area (Å²) < 4.78 is 23.7. The predicted molar refractivity (Wildman–Crippen MR) is 113 cm³/mol. The molecule has 0 spiro atoms. The topological polar surface area (TPSA) is 162 Å². The second-order valence-corrected chi connectivity index (χ2v) is 9.64. The maximum Gasteiger partial charge on any atom is 0.185 e. The average molecular weight is 448 g/mol. The van der Waals surface area contributed by atoms with Gasteiger partial charge in [-0.25, -0.2) is 0 Å². The van der Waals surface area contributed by atoms with Crippen LogP contribution in [0.4, 0.5) is 0 Å². The summed E-state index contributed by atoms with van der Waals surface area (Å²) in [6.45, 7) is 5.56. The molecule has 10 heteroatoms. The first-order chi connectivity index (χ1) is 14.6. The van der Waals surface area contributed by atoms with Crippen LogP contribution in [-0.2, 0) is 18.9 Å². The Morgan fingerprint density at radius 2 is 1.74 bits per heavy atom. The van der Waals surface area contributed by atoms with Crippen LogP contribution in [0, 0.1) is 5.92 Å². The van der Waals surface area contributed by atoms with Gasteiger partial charge in [0.25, 0.3) is 0 Å². The smallest absolute Gasteiger partial charge is 0.185 e. The minimum Gasteiger partial charge on any atom is -0.388 e. The van der Waals surface area contributed by atoms with Crippen molar-refractivity contribution < 1.29 is 34.3 Å². The molecule has 31 heavy (non-hydrogen) atoms. The Balaban J connectivity index is 1.68. The monoisotopic (exact) mass is 447 g/mol. The Bertz CT molecular complexity index is 583. The molecule has 0 unspecified atom stereocenters. The highest BCUT2D eigenvalue weighted by Gasteiger charge is 2.50.